The number of hydrogen-bond donors (Lipinski definition) is 1. The summed E-state index contributed by atoms with van der Waals surface area (Å²) in [4.78, 5) is 11.0. The molecular formula is C11H11F2NO2. The van der Waals surface area contributed by atoms with E-state index in [2.05, 4.69) is 5.32 Å². The molecule has 0 bridgehead atoms. The van der Waals surface area contributed by atoms with E-state index in [1.807, 2.05) is 0 Å². The lowest BCUT2D eigenvalue weighted by atomic mass is 9.97. The van der Waals surface area contributed by atoms with Gasteiger partial charge in [0, 0.05) is 36.6 Å². The molecule has 0 saturated carbocycles. The molecule has 2 rings (SSSR count). The van der Waals surface area contributed by atoms with E-state index in [1.165, 1.54) is 7.11 Å². The fourth-order valence-corrected chi connectivity index (χ4v) is 1.88. The van der Waals surface area contributed by atoms with Crippen LogP contribution < -0.4 is 10.1 Å². The maximum Gasteiger partial charge on any atom is 0.220 e. The molecule has 1 aromatic rings. The lowest BCUT2D eigenvalue weighted by molar-refractivity contribution is -0.119. The van der Waals surface area contributed by atoms with Crippen LogP contribution in [-0.2, 0) is 4.79 Å². The maximum absolute atomic E-state index is 13.6. The highest BCUT2D eigenvalue weighted by molar-refractivity contribution is 5.79. The van der Waals surface area contributed by atoms with Gasteiger partial charge in [-0.25, -0.2) is 8.78 Å². The third-order valence-corrected chi connectivity index (χ3v) is 2.67. The predicted molar refractivity (Wildman–Crippen MR) is 53.3 cm³/mol. The predicted octanol–water partition coefficient (Wildman–Crippen LogP) is 1.58. The smallest absolute Gasteiger partial charge is 0.220 e. The Morgan fingerprint density at radius 3 is 2.44 bits per heavy atom. The number of amides is 1. The average Bonchev–Trinajstić information content (AvgIpc) is 2.63. The number of benzene rings is 1. The largest absolute Gasteiger partial charge is 0.497 e. The van der Waals surface area contributed by atoms with Gasteiger partial charge in [-0.05, 0) is 0 Å². The Morgan fingerprint density at radius 1 is 1.38 bits per heavy atom. The Morgan fingerprint density at radius 2 is 2.00 bits per heavy atom. The second-order valence-corrected chi connectivity index (χ2v) is 3.71. The van der Waals surface area contributed by atoms with Gasteiger partial charge in [0.1, 0.15) is 17.4 Å². The van der Waals surface area contributed by atoms with Gasteiger partial charge >= 0.3 is 0 Å². The Balaban J connectivity index is 2.37. The van der Waals surface area contributed by atoms with Crippen molar-refractivity contribution in [1.29, 1.82) is 0 Å². The molecule has 1 heterocycles. The van der Waals surface area contributed by atoms with Crippen LogP contribution in [0.3, 0.4) is 0 Å². The summed E-state index contributed by atoms with van der Waals surface area (Å²) in [7, 11) is 1.34. The van der Waals surface area contributed by atoms with Gasteiger partial charge in [0.25, 0.3) is 0 Å². The fraction of sp³-hybridized carbons (Fsp3) is 0.364. The first-order valence-electron chi connectivity index (χ1n) is 4.91. The summed E-state index contributed by atoms with van der Waals surface area (Å²) < 4.78 is 32.0. The maximum atomic E-state index is 13.6. The molecule has 0 radical (unpaired) electrons. The SMILES string of the molecule is COc1cc(F)c(C2CNC(=O)C2)c(F)c1. The Kier molecular flexibility index (Phi) is 2.77. The van der Waals surface area contributed by atoms with Crippen molar-refractivity contribution >= 4 is 5.91 Å². The highest BCUT2D eigenvalue weighted by Gasteiger charge is 2.28. The molecule has 1 aliphatic rings. The molecule has 1 fully saturated rings. The number of nitrogens with one attached hydrogen (secondary N) is 1. The van der Waals surface area contributed by atoms with Crippen molar-refractivity contribution in [3.63, 3.8) is 0 Å². The summed E-state index contributed by atoms with van der Waals surface area (Å²) in [5.74, 6) is -1.81. The van der Waals surface area contributed by atoms with Crippen LogP contribution in [0.1, 0.15) is 17.9 Å². The molecular weight excluding hydrogens is 216 g/mol. The first-order valence-corrected chi connectivity index (χ1v) is 4.91. The van der Waals surface area contributed by atoms with Gasteiger partial charge in [-0.3, -0.25) is 4.79 Å². The van der Waals surface area contributed by atoms with Crippen molar-refractivity contribution in [2.45, 2.75) is 12.3 Å². The highest BCUT2D eigenvalue weighted by Crippen LogP contribution is 2.30. The van der Waals surface area contributed by atoms with E-state index >= 15 is 0 Å². The summed E-state index contributed by atoms with van der Waals surface area (Å²) >= 11 is 0. The van der Waals surface area contributed by atoms with Crippen molar-refractivity contribution in [2.75, 3.05) is 13.7 Å². The zero-order valence-corrected chi connectivity index (χ0v) is 8.72. The van der Waals surface area contributed by atoms with Crippen LogP contribution in [0, 0.1) is 11.6 Å². The van der Waals surface area contributed by atoms with Gasteiger partial charge in [-0.2, -0.15) is 0 Å². The van der Waals surface area contributed by atoms with E-state index < -0.39 is 17.6 Å². The molecule has 5 heteroatoms. The number of carbonyl (C=O) groups excluding carboxylic acids is 1. The topological polar surface area (TPSA) is 38.3 Å². The Bertz CT molecular complexity index is 411. The third kappa shape index (κ3) is 1.85. The minimum atomic E-state index is -0.668. The van der Waals surface area contributed by atoms with Gasteiger partial charge in [0.05, 0.1) is 7.11 Å². The molecule has 1 N–H and O–H groups in total. The summed E-state index contributed by atoms with van der Waals surface area (Å²) in [6, 6.07) is 2.25. The van der Waals surface area contributed by atoms with Crippen LogP contribution in [-0.4, -0.2) is 19.6 Å². The number of methoxy groups -OCH3 is 1. The number of ether oxygens (including phenoxy) is 1. The van der Waals surface area contributed by atoms with Crippen molar-refractivity contribution in [2.24, 2.45) is 0 Å². The number of halogens is 2. The molecule has 1 aliphatic heterocycles. The van der Waals surface area contributed by atoms with E-state index in [4.69, 9.17) is 4.74 Å². The van der Waals surface area contributed by atoms with Crippen LogP contribution >= 0.6 is 0 Å². The zero-order valence-electron chi connectivity index (χ0n) is 8.72. The van der Waals surface area contributed by atoms with Crippen molar-refractivity contribution < 1.29 is 18.3 Å². The number of carbonyl (C=O) groups is 1. The first-order chi connectivity index (χ1) is 7.61. The van der Waals surface area contributed by atoms with Crippen LogP contribution in [0.5, 0.6) is 5.75 Å². The lowest BCUT2D eigenvalue weighted by Crippen LogP contribution is -2.14. The summed E-state index contributed by atoms with van der Waals surface area (Å²) in [5.41, 5.74) is -0.0425. The molecule has 86 valence electrons. The fourth-order valence-electron chi connectivity index (χ4n) is 1.88. The molecule has 1 amide bonds. The summed E-state index contributed by atoms with van der Waals surface area (Å²) in [6.07, 6.45) is 0.125. The standard InChI is InChI=1S/C11H11F2NO2/c1-16-7-3-8(12)11(9(13)4-7)6-2-10(15)14-5-6/h3-4,6H,2,5H2,1H3,(H,14,15). The minimum absolute atomic E-state index is 0.0425. The average molecular weight is 227 g/mol. The van der Waals surface area contributed by atoms with Crippen molar-refractivity contribution in [1.82, 2.24) is 5.32 Å². The molecule has 1 aromatic carbocycles. The van der Waals surface area contributed by atoms with E-state index in [1.54, 1.807) is 0 Å². The molecule has 16 heavy (non-hydrogen) atoms. The molecule has 0 spiro atoms. The van der Waals surface area contributed by atoms with Crippen LogP contribution in [0.2, 0.25) is 0 Å². The summed E-state index contributed by atoms with van der Waals surface area (Å²) in [5, 5.41) is 2.55. The molecule has 1 unspecified atom stereocenters. The second kappa shape index (κ2) is 4.08. The highest BCUT2D eigenvalue weighted by atomic mass is 19.1. The van der Waals surface area contributed by atoms with E-state index in [9.17, 15) is 13.6 Å². The number of rotatable bonds is 2. The van der Waals surface area contributed by atoms with Crippen LogP contribution in [0.4, 0.5) is 8.78 Å². The van der Waals surface area contributed by atoms with Crippen LogP contribution in [0.15, 0.2) is 12.1 Å². The number of hydrogen-bond acceptors (Lipinski definition) is 2. The molecule has 1 saturated heterocycles. The molecule has 0 aliphatic carbocycles. The zero-order chi connectivity index (χ0) is 11.7. The van der Waals surface area contributed by atoms with Crippen molar-refractivity contribution in [3.8, 4) is 5.75 Å². The normalized spacial score (nSPS) is 19.7. The third-order valence-electron chi connectivity index (χ3n) is 2.67. The van der Waals surface area contributed by atoms with Gasteiger partial charge in [-0.15, -0.1) is 0 Å². The molecule has 1 atom stereocenters. The molecule has 3 nitrogen and oxygen atoms in total. The van der Waals surface area contributed by atoms with E-state index in [0.29, 0.717) is 0 Å². The van der Waals surface area contributed by atoms with Gasteiger partial charge in [-0.1, -0.05) is 0 Å². The van der Waals surface area contributed by atoms with Crippen molar-refractivity contribution in [3.05, 3.63) is 29.3 Å². The van der Waals surface area contributed by atoms with Gasteiger partial charge in [0.2, 0.25) is 5.91 Å². The Hall–Kier alpha value is -1.65. The second-order valence-electron chi connectivity index (χ2n) is 3.71. The van der Waals surface area contributed by atoms with E-state index in [0.717, 1.165) is 12.1 Å². The Labute approximate surface area is 91.4 Å². The van der Waals surface area contributed by atoms with Gasteiger partial charge in [0.15, 0.2) is 0 Å². The lowest BCUT2D eigenvalue weighted by Gasteiger charge is -2.11. The first kappa shape index (κ1) is 10.9. The van der Waals surface area contributed by atoms with E-state index in [-0.39, 0.29) is 30.2 Å². The van der Waals surface area contributed by atoms with Gasteiger partial charge < -0.3 is 10.1 Å². The molecule has 0 aromatic heterocycles. The summed E-state index contributed by atoms with van der Waals surface area (Å²) in [6.45, 7) is 0.277. The minimum Gasteiger partial charge on any atom is -0.497 e. The van der Waals surface area contributed by atoms with Crippen LogP contribution in [0.25, 0.3) is 0 Å². The monoisotopic (exact) mass is 227 g/mol. The quantitative estimate of drug-likeness (QED) is 0.833.